The summed E-state index contributed by atoms with van der Waals surface area (Å²) < 4.78 is 17.0. The Morgan fingerprint density at radius 1 is 1.11 bits per heavy atom. The fourth-order valence-corrected chi connectivity index (χ4v) is 2.51. The van der Waals surface area contributed by atoms with E-state index in [0.29, 0.717) is 10.3 Å². The molecule has 0 spiro atoms. The lowest BCUT2D eigenvalue weighted by Crippen LogP contribution is -1.93. The van der Waals surface area contributed by atoms with Crippen LogP contribution in [0.3, 0.4) is 0 Å². The maximum atomic E-state index is 13.7. The normalized spacial score (nSPS) is 11.0. The molecule has 3 rings (SSSR count). The van der Waals surface area contributed by atoms with Gasteiger partial charge in [-0.3, -0.25) is 4.57 Å². The first-order valence-corrected chi connectivity index (χ1v) is 6.52. The van der Waals surface area contributed by atoms with Gasteiger partial charge in [-0.15, -0.1) is 0 Å². The highest BCUT2D eigenvalue weighted by atomic mass is 79.9. The molecule has 2 nitrogen and oxygen atoms in total. The number of aromatic nitrogens is 2. The summed E-state index contributed by atoms with van der Waals surface area (Å²) in [6.45, 7) is 0. The summed E-state index contributed by atoms with van der Waals surface area (Å²) in [6.07, 6.45) is 0. The lowest BCUT2D eigenvalue weighted by atomic mass is 10.2. The van der Waals surface area contributed by atoms with Crippen LogP contribution in [0.4, 0.5) is 4.39 Å². The molecule has 0 unspecified atom stereocenters. The highest BCUT2D eigenvalue weighted by molar-refractivity contribution is 9.10. The number of para-hydroxylation sites is 1. The molecule has 3 aromatic rings. The lowest BCUT2D eigenvalue weighted by Gasteiger charge is -2.04. The van der Waals surface area contributed by atoms with E-state index in [-0.39, 0.29) is 5.82 Å². The SMILES string of the molecule is Fc1cccc2c1[nH]c(=S)n2-c1ccc(Br)cc1. The Kier molecular flexibility index (Phi) is 2.80. The van der Waals surface area contributed by atoms with E-state index in [1.165, 1.54) is 6.07 Å². The summed E-state index contributed by atoms with van der Waals surface area (Å²) >= 11 is 8.64. The number of nitrogens with zero attached hydrogens (tertiary/aromatic N) is 1. The van der Waals surface area contributed by atoms with Crippen molar-refractivity contribution in [3.8, 4) is 5.69 Å². The number of rotatable bonds is 1. The van der Waals surface area contributed by atoms with E-state index >= 15 is 0 Å². The van der Waals surface area contributed by atoms with E-state index in [4.69, 9.17) is 12.2 Å². The summed E-state index contributed by atoms with van der Waals surface area (Å²) in [5, 5.41) is 0. The Labute approximate surface area is 116 Å². The number of fused-ring (bicyclic) bond motifs is 1. The van der Waals surface area contributed by atoms with Crippen LogP contribution in [0.1, 0.15) is 0 Å². The first-order valence-electron chi connectivity index (χ1n) is 5.32. The van der Waals surface area contributed by atoms with Crippen LogP contribution < -0.4 is 0 Å². The molecule has 0 radical (unpaired) electrons. The van der Waals surface area contributed by atoms with Gasteiger partial charge < -0.3 is 4.98 Å². The van der Waals surface area contributed by atoms with Crippen molar-refractivity contribution in [3.63, 3.8) is 0 Å². The third kappa shape index (κ3) is 1.79. The Bertz CT molecular complexity index is 774. The molecule has 0 fully saturated rings. The first-order chi connectivity index (χ1) is 8.66. The van der Waals surface area contributed by atoms with Crippen molar-refractivity contribution in [1.29, 1.82) is 0 Å². The maximum Gasteiger partial charge on any atom is 0.182 e. The van der Waals surface area contributed by atoms with Crippen molar-refractivity contribution in [2.45, 2.75) is 0 Å². The molecule has 1 heterocycles. The van der Waals surface area contributed by atoms with Gasteiger partial charge in [-0.25, -0.2) is 4.39 Å². The molecular formula is C13H8BrFN2S. The van der Waals surface area contributed by atoms with Crippen LogP contribution in [0.25, 0.3) is 16.7 Å². The Balaban J connectivity index is 2.35. The summed E-state index contributed by atoms with van der Waals surface area (Å²) in [4.78, 5) is 2.90. The summed E-state index contributed by atoms with van der Waals surface area (Å²) in [7, 11) is 0. The molecule has 1 aromatic heterocycles. The summed E-state index contributed by atoms with van der Waals surface area (Å²) in [5.74, 6) is -0.297. The zero-order valence-corrected chi connectivity index (χ0v) is 11.6. The van der Waals surface area contributed by atoms with Gasteiger partial charge in [0, 0.05) is 10.2 Å². The van der Waals surface area contributed by atoms with E-state index in [1.807, 2.05) is 34.9 Å². The average Bonchev–Trinajstić information content (AvgIpc) is 2.69. The van der Waals surface area contributed by atoms with Crippen LogP contribution in [0.2, 0.25) is 0 Å². The summed E-state index contributed by atoms with van der Waals surface area (Å²) in [6, 6.07) is 12.6. The Hall–Kier alpha value is -1.46. The van der Waals surface area contributed by atoms with Gasteiger partial charge in [-0.2, -0.15) is 0 Å². The largest absolute Gasteiger partial charge is 0.328 e. The van der Waals surface area contributed by atoms with Crippen LogP contribution in [0, 0.1) is 10.6 Å². The molecule has 0 bridgehead atoms. The van der Waals surface area contributed by atoms with Gasteiger partial charge in [0.1, 0.15) is 11.3 Å². The van der Waals surface area contributed by atoms with Gasteiger partial charge >= 0.3 is 0 Å². The molecular weight excluding hydrogens is 315 g/mol. The highest BCUT2D eigenvalue weighted by Gasteiger charge is 2.09. The molecule has 0 saturated heterocycles. The molecule has 0 aliphatic carbocycles. The fourth-order valence-electron chi connectivity index (χ4n) is 1.94. The predicted octanol–water partition coefficient (Wildman–Crippen LogP) is 4.59. The van der Waals surface area contributed by atoms with E-state index in [2.05, 4.69) is 20.9 Å². The number of hydrogen-bond acceptors (Lipinski definition) is 1. The molecule has 1 N–H and O–H groups in total. The minimum absolute atomic E-state index is 0.297. The van der Waals surface area contributed by atoms with Crippen LogP contribution in [0.5, 0.6) is 0 Å². The minimum atomic E-state index is -0.297. The fraction of sp³-hybridized carbons (Fsp3) is 0. The molecule has 0 saturated carbocycles. The second kappa shape index (κ2) is 4.33. The number of nitrogens with one attached hydrogen (secondary N) is 1. The first kappa shape index (κ1) is 11.6. The van der Waals surface area contributed by atoms with Crippen molar-refractivity contribution in [2.24, 2.45) is 0 Å². The Morgan fingerprint density at radius 3 is 2.56 bits per heavy atom. The Morgan fingerprint density at radius 2 is 1.83 bits per heavy atom. The lowest BCUT2D eigenvalue weighted by molar-refractivity contribution is 0.637. The van der Waals surface area contributed by atoms with Crippen molar-refractivity contribution in [2.75, 3.05) is 0 Å². The summed E-state index contributed by atoms with van der Waals surface area (Å²) in [5.41, 5.74) is 2.08. The monoisotopic (exact) mass is 322 g/mol. The zero-order valence-electron chi connectivity index (χ0n) is 9.15. The van der Waals surface area contributed by atoms with Gasteiger partial charge in [-0.05, 0) is 48.6 Å². The van der Waals surface area contributed by atoms with Crippen LogP contribution in [-0.2, 0) is 0 Å². The quantitative estimate of drug-likeness (QED) is 0.650. The molecule has 2 aromatic carbocycles. The van der Waals surface area contributed by atoms with Gasteiger partial charge in [0.25, 0.3) is 0 Å². The number of halogens is 2. The molecule has 0 aliphatic heterocycles. The van der Waals surface area contributed by atoms with E-state index < -0.39 is 0 Å². The van der Waals surface area contributed by atoms with E-state index in [0.717, 1.165) is 15.7 Å². The van der Waals surface area contributed by atoms with Crippen molar-refractivity contribution < 1.29 is 4.39 Å². The van der Waals surface area contributed by atoms with Crippen LogP contribution >= 0.6 is 28.1 Å². The third-order valence-electron chi connectivity index (χ3n) is 2.75. The predicted molar refractivity (Wildman–Crippen MR) is 76.1 cm³/mol. The van der Waals surface area contributed by atoms with Crippen molar-refractivity contribution >= 4 is 39.2 Å². The molecule has 0 aliphatic rings. The average molecular weight is 323 g/mol. The second-order valence-corrected chi connectivity index (χ2v) is 5.18. The topological polar surface area (TPSA) is 20.7 Å². The number of imidazole rings is 1. The molecule has 18 heavy (non-hydrogen) atoms. The molecule has 0 amide bonds. The van der Waals surface area contributed by atoms with Crippen molar-refractivity contribution in [1.82, 2.24) is 9.55 Å². The van der Waals surface area contributed by atoms with Gasteiger partial charge in [0.2, 0.25) is 0 Å². The van der Waals surface area contributed by atoms with Gasteiger partial charge in [-0.1, -0.05) is 22.0 Å². The zero-order chi connectivity index (χ0) is 12.7. The number of benzene rings is 2. The van der Waals surface area contributed by atoms with Gasteiger partial charge in [0.05, 0.1) is 5.52 Å². The third-order valence-corrected chi connectivity index (χ3v) is 3.57. The molecule has 90 valence electrons. The molecule has 5 heteroatoms. The van der Waals surface area contributed by atoms with Crippen molar-refractivity contribution in [3.05, 3.63) is 57.5 Å². The standard InChI is InChI=1S/C13H8BrFN2S/c14-8-4-6-9(7-5-8)17-11-3-1-2-10(15)12(11)16-13(17)18/h1-7H,(H,16,18). The second-order valence-electron chi connectivity index (χ2n) is 3.88. The smallest absolute Gasteiger partial charge is 0.182 e. The van der Waals surface area contributed by atoms with E-state index in [9.17, 15) is 4.39 Å². The number of H-pyrrole nitrogens is 1. The van der Waals surface area contributed by atoms with Crippen LogP contribution in [-0.4, -0.2) is 9.55 Å². The molecule has 0 atom stereocenters. The highest BCUT2D eigenvalue weighted by Crippen LogP contribution is 2.22. The number of aromatic amines is 1. The van der Waals surface area contributed by atoms with Crippen LogP contribution in [0.15, 0.2) is 46.9 Å². The maximum absolute atomic E-state index is 13.7. The van der Waals surface area contributed by atoms with E-state index in [1.54, 1.807) is 6.07 Å². The number of hydrogen-bond donors (Lipinski definition) is 1. The minimum Gasteiger partial charge on any atom is -0.328 e. The van der Waals surface area contributed by atoms with Gasteiger partial charge in [0.15, 0.2) is 4.77 Å².